The van der Waals surface area contributed by atoms with Crippen LogP contribution in [0.2, 0.25) is 0 Å². The minimum atomic E-state index is -0.977. The molecular weight excluding hydrogens is 246 g/mol. The molecule has 0 unspecified atom stereocenters. The Kier molecular flexibility index (Phi) is 4.45. The van der Waals surface area contributed by atoms with Crippen LogP contribution in [0, 0.1) is 5.41 Å². The summed E-state index contributed by atoms with van der Waals surface area (Å²) in [7, 11) is 0. The van der Waals surface area contributed by atoms with Crippen LogP contribution in [0.4, 0.5) is 0 Å². The van der Waals surface area contributed by atoms with E-state index < -0.39 is 18.2 Å². The standard InChI is InChI=1S/C14H23NO4/c1-14(7-3-2-4-8-14)9-15-12(16)10-5-6-11(19-10)13(17)18/h10-11H,2-9H2,1H3,(H,15,16)(H,17,18)/t10-,11+/m0/s1. The first-order valence-corrected chi connectivity index (χ1v) is 7.16. The Labute approximate surface area is 113 Å². The largest absolute Gasteiger partial charge is 0.479 e. The highest BCUT2D eigenvalue weighted by Gasteiger charge is 2.35. The van der Waals surface area contributed by atoms with Crippen molar-refractivity contribution in [2.24, 2.45) is 5.41 Å². The maximum Gasteiger partial charge on any atom is 0.332 e. The van der Waals surface area contributed by atoms with E-state index in [9.17, 15) is 9.59 Å². The molecular formula is C14H23NO4. The van der Waals surface area contributed by atoms with Crippen LogP contribution in [0.5, 0.6) is 0 Å². The molecule has 0 aromatic rings. The number of carboxylic acids is 1. The van der Waals surface area contributed by atoms with Crippen LogP contribution in [-0.4, -0.2) is 35.7 Å². The molecule has 2 rings (SSSR count). The van der Waals surface area contributed by atoms with Crippen LogP contribution < -0.4 is 5.32 Å². The Morgan fingerprint density at radius 3 is 2.42 bits per heavy atom. The van der Waals surface area contributed by atoms with E-state index in [-0.39, 0.29) is 11.3 Å². The zero-order chi connectivity index (χ0) is 13.9. The number of aliphatic carboxylic acids is 1. The summed E-state index contributed by atoms with van der Waals surface area (Å²) in [6.45, 7) is 2.88. The lowest BCUT2D eigenvalue weighted by Crippen LogP contribution is -2.42. The van der Waals surface area contributed by atoms with Gasteiger partial charge in [-0.25, -0.2) is 4.79 Å². The molecule has 108 valence electrons. The average molecular weight is 269 g/mol. The van der Waals surface area contributed by atoms with Crippen LogP contribution >= 0.6 is 0 Å². The molecule has 1 aliphatic heterocycles. The summed E-state index contributed by atoms with van der Waals surface area (Å²) in [6, 6.07) is 0. The highest BCUT2D eigenvalue weighted by molar-refractivity contribution is 5.82. The summed E-state index contributed by atoms with van der Waals surface area (Å²) in [5.74, 6) is -1.13. The van der Waals surface area contributed by atoms with E-state index in [0.29, 0.717) is 19.4 Å². The lowest BCUT2D eigenvalue weighted by atomic mass is 9.76. The van der Waals surface area contributed by atoms with Gasteiger partial charge in [-0.05, 0) is 31.1 Å². The second-order valence-corrected chi connectivity index (χ2v) is 6.12. The van der Waals surface area contributed by atoms with Crippen LogP contribution in [-0.2, 0) is 14.3 Å². The number of carbonyl (C=O) groups excluding carboxylic acids is 1. The molecule has 1 saturated carbocycles. The van der Waals surface area contributed by atoms with Crippen LogP contribution in [0.15, 0.2) is 0 Å². The van der Waals surface area contributed by atoms with E-state index in [1.807, 2.05) is 0 Å². The fourth-order valence-electron chi connectivity index (χ4n) is 3.01. The van der Waals surface area contributed by atoms with E-state index in [4.69, 9.17) is 9.84 Å². The van der Waals surface area contributed by atoms with Gasteiger partial charge in [-0.3, -0.25) is 4.79 Å². The first-order chi connectivity index (χ1) is 9.00. The summed E-state index contributed by atoms with van der Waals surface area (Å²) in [6.07, 6.45) is 5.56. The van der Waals surface area contributed by atoms with Crippen molar-refractivity contribution < 1.29 is 19.4 Å². The van der Waals surface area contributed by atoms with E-state index >= 15 is 0 Å². The van der Waals surface area contributed by atoms with Crippen LogP contribution in [0.1, 0.15) is 51.9 Å². The Morgan fingerprint density at radius 2 is 1.84 bits per heavy atom. The number of carboxylic acid groups (broad SMARTS) is 1. The van der Waals surface area contributed by atoms with Gasteiger partial charge in [-0.2, -0.15) is 0 Å². The van der Waals surface area contributed by atoms with Gasteiger partial charge in [0.15, 0.2) is 6.10 Å². The van der Waals surface area contributed by atoms with Crippen LogP contribution in [0.3, 0.4) is 0 Å². The van der Waals surface area contributed by atoms with Crippen molar-refractivity contribution in [2.75, 3.05) is 6.54 Å². The lowest BCUT2D eigenvalue weighted by molar-refractivity contribution is -0.151. The van der Waals surface area contributed by atoms with Crippen molar-refractivity contribution in [3.8, 4) is 0 Å². The molecule has 1 saturated heterocycles. The number of rotatable bonds is 4. The van der Waals surface area contributed by atoms with Gasteiger partial charge in [0, 0.05) is 6.54 Å². The quantitative estimate of drug-likeness (QED) is 0.814. The molecule has 1 aliphatic carbocycles. The molecule has 2 N–H and O–H groups in total. The molecule has 0 bridgehead atoms. The number of hydrogen-bond acceptors (Lipinski definition) is 3. The Hall–Kier alpha value is -1.10. The second kappa shape index (κ2) is 5.90. The van der Waals surface area contributed by atoms with Gasteiger partial charge >= 0.3 is 5.97 Å². The number of carbonyl (C=O) groups is 2. The van der Waals surface area contributed by atoms with Crippen LogP contribution in [0.25, 0.3) is 0 Å². The molecule has 2 fully saturated rings. The molecule has 2 aliphatic rings. The first-order valence-electron chi connectivity index (χ1n) is 7.16. The summed E-state index contributed by atoms with van der Waals surface area (Å²) in [5.41, 5.74) is 0.193. The van der Waals surface area contributed by atoms with Gasteiger partial charge in [0.25, 0.3) is 0 Å². The third-order valence-corrected chi connectivity index (χ3v) is 4.34. The third kappa shape index (κ3) is 3.69. The van der Waals surface area contributed by atoms with E-state index in [1.54, 1.807) is 0 Å². The molecule has 19 heavy (non-hydrogen) atoms. The number of hydrogen-bond donors (Lipinski definition) is 2. The molecule has 5 heteroatoms. The predicted molar refractivity (Wildman–Crippen MR) is 69.7 cm³/mol. The fraction of sp³-hybridized carbons (Fsp3) is 0.857. The maximum atomic E-state index is 12.0. The molecule has 0 radical (unpaired) electrons. The molecule has 2 atom stereocenters. The topological polar surface area (TPSA) is 75.6 Å². The van der Waals surface area contributed by atoms with Gasteiger partial charge in [0.1, 0.15) is 6.10 Å². The summed E-state index contributed by atoms with van der Waals surface area (Å²) in [4.78, 5) is 22.7. The Bertz CT molecular complexity index is 349. The summed E-state index contributed by atoms with van der Waals surface area (Å²) in [5, 5.41) is 11.8. The van der Waals surface area contributed by atoms with Gasteiger partial charge in [0.05, 0.1) is 0 Å². The second-order valence-electron chi connectivity index (χ2n) is 6.12. The smallest absolute Gasteiger partial charge is 0.332 e. The zero-order valence-corrected chi connectivity index (χ0v) is 11.5. The molecule has 1 heterocycles. The minimum absolute atomic E-state index is 0.157. The average Bonchev–Trinajstić information content (AvgIpc) is 2.87. The highest BCUT2D eigenvalue weighted by atomic mass is 16.5. The molecule has 0 aromatic carbocycles. The maximum absolute atomic E-state index is 12.0. The molecule has 1 amide bonds. The SMILES string of the molecule is CC1(CNC(=O)[C@@H]2CC[C@H](C(=O)O)O2)CCCCC1. The predicted octanol–water partition coefficient (Wildman–Crippen LogP) is 1.71. The van der Waals surface area contributed by atoms with Crippen molar-refractivity contribution in [1.29, 1.82) is 0 Å². The first kappa shape index (κ1) is 14.3. The van der Waals surface area contributed by atoms with Gasteiger partial charge < -0.3 is 15.2 Å². The summed E-state index contributed by atoms with van der Waals surface area (Å²) >= 11 is 0. The van der Waals surface area contributed by atoms with E-state index in [1.165, 1.54) is 19.3 Å². The highest BCUT2D eigenvalue weighted by Crippen LogP contribution is 2.35. The van der Waals surface area contributed by atoms with Gasteiger partial charge in [-0.15, -0.1) is 0 Å². The van der Waals surface area contributed by atoms with Crippen molar-refractivity contribution in [1.82, 2.24) is 5.32 Å². The van der Waals surface area contributed by atoms with E-state index in [2.05, 4.69) is 12.2 Å². The fourth-order valence-corrected chi connectivity index (χ4v) is 3.01. The van der Waals surface area contributed by atoms with Gasteiger partial charge in [0.2, 0.25) is 5.91 Å². The normalized spacial score (nSPS) is 29.9. The van der Waals surface area contributed by atoms with Crippen molar-refractivity contribution in [3.63, 3.8) is 0 Å². The van der Waals surface area contributed by atoms with E-state index in [0.717, 1.165) is 12.8 Å². The Morgan fingerprint density at radius 1 is 1.21 bits per heavy atom. The monoisotopic (exact) mass is 269 g/mol. The number of amides is 1. The molecule has 0 spiro atoms. The lowest BCUT2D eigenvalue weighted by Gasteiger charge is -2.33. The zero-order valence-electron chi connectivity index (χ0n) is 11.5. The third-order valence-electron chi connectivity index (χ3n) is 4.34. The van der Waals surface area contributed by atoms with Crippen molar-refractivity contribution in [3.05, 3.63) is 0 Å². The summed E-state index contributed by atoms with van der Waals surface area (Å²) < 4.78 is 5.25. The minimum Gasteiger partial charge on any atom is -0.479 e. The Balaban J connectivity index is 1.77. The van der Waals surface area contributed by atoms with Gasteiger partial charge in [-0.1, -0.05) is 26.2 Å². The molecule has 0 aromatic heterocycles. The van der Waals surface area contributed by atoms with Crippen molar-refractivity contribution in [2.45, 2.75) is 64.1 Å². The molecule has 5 nitrogen and oxygen atoms in total. The number of nitrogens with one attached hydrogen (secondary N) is 1. The number of ether oxygens (including phenoxy) is 1. The van der Waals surface area contributed by atoms with Crippen molar-refractivity contribution >= 4 is 11.9 Å².